The molecule has 0 bridgehead atoms. The van der Waals surface area contributed by atoms with Crippen LogP contribution in [0.25, 0.3) is 11.1 Å². The van der Waals surface area contributed by atoms with Crippen LogP contribution < -0.4 is 16.2 Å². The van der Waals surface area contributed by atoms with Gasteiger partial charge in [0.05, 0.1) is 0 Å². The molecule has 0 amide bonds. The second-order valence-corrected chi connectivity index (χ2v) is 6.98. The van der Waals surface area contributed by atoms with Crippen molar-refractivity contribution in [1.82, 2.24) is 0 Å². The molecule has 0 heterocycles. The van der Waals surface area contributed by atoms with E-state index in [4.69, 9.17) is 16.2 Å². The first kappa shape index (κ1) is 28.7. The molecule has 170 valence electrons. The summed E-state index contributed by atoms with van der Waals surface area (Å²) in [6, 6.07) is 10.1. The van der Waals surface area contributed by atoms with E-state index in [2.05, 4.69) is 13.2 Å². The minimum Gasteiger partial charge on any atom is -0.507 e. The minimum absolute atomic E-state index is 0. The van der Waals surface area contributed by atoms with Crippen LogP contribution in [0.15, 0.2) is 61.7 Å². The highest BCUT2D eigenvalue weighted by Crippen LogP contribution is 2.37. The van der Waals surface area contributed by atoms with Gasteiger partial charge in [0.15, 0.2) is 0 Å². The van der Waals surface area contributed by atoms with Gasteiger partial charge in [-0.3, -0.25) is 0 Å². The molecule has 5 nitrogen and oxygen atoms in total. The third-order valence-corrected chi connectivity index (χ3v) is 4.64. The van der Waals surface area contributed by atoms with Gasteiger partial charge in [-0.05, 0) is 67.6 Å². The topological polar surface area (TPSA) is 98.6 Å². The quantitative estimate of drug-likeness (QED) is 0.192. The van der Waals surface area contributed by atoms with Crippen LogP contribution in [0.2, 0.25) is 0 Å². The van der Waals surface area contributed by atoms with Crippen molar-refractivity contribution < 1.29 is 14.6 Å². The van der Waals surface area contributed by atoms with E-state index in [0.29, 0.717) is 42.7 Å². The number of allylic oxidation sites excluding steroid dienone is 2. The Balaban J connectivity index is 0.00000450. The van der Waals surface area contributed by atoms with Gasteiger partial charge in [0, 0.05) is 11.1 Å². The summed E-state index contributed by atoms with van der Waals surface area (Å²) >= 11 is 0. The van der Waals surface area contributed by atoms with Gasteiger partial charge in [0.1, 0.15) is 17.5 Å². The molecule has 0 spiro atoms. The zero-order valence-electron chi connectivity index (χ0n) is 17.6. The number of hydrogen-bond donors (Lipinski definition) is 3. The van der Waals surface area contributed by atoms with Gasteiger partial charge < -0.3 is 21.3 Å². The lowest BCUT2D eigenvalue weighted by Gasteiger charge is -2.16. The normalized spacial score (nSPS) is 10.9. The van der Waals surface area contributed by atoms with Gasteiger partial charge >= 0.3 is 5.97 Å². The summed E-state index contributed by atoms with van der Waals surface area (Å²) < 4.78 is 5.63. The van der Waals surface area contributed by atoms with E-state index in [1.54, 1.807) is 24.3 Å². The van der Waals surface area contributed by atoms with Crippen LogP contribution in [0.5, 0.6) is 11.5 Å². The van der Waals surface area contributed by atoms with Crippen LogP contribution in [0, 0.1) is 0 Å². The molecule has 2 rings (SSSR count). The molecule has 0 saturated heterocycles. The number of hydrogen-bond acceptors (Lipinski definition) is 5. The molecule has 0 aliphatic heterocycles. The lowest BCUT2D eigenvalue weighted by atomic mass is 9.97. The first-order valence-corrected chi connectivity index (χ1v) is 9.84. The molecular formula is C24H32Cl2N2O3. The summed E-state index contributed by atoms with van der Waals surface area (Å²) in [6.07, 6.45) is 7.01. The highest BCUT2D eigenvalue weighted by molar-refractivity contribution is 5.86. The molecule has 0 aliphatic carbocycles. The zero-order chi connectivity index (χ0) is 21.2. The molecule has 0 aliphatic rings. The van der Waals surface area contributed by atoms with E-state index < -0.39 is 12.0 Å². The molecule has 0 saturated carbocycles. The Bertz CT molecular complexity index is 872. The summed E-state index contributed by atoms with van der Waals surface area (Å²) in [6.45, 7) is 8.10. The molecule has 0 aromatic heterocycles. The number of esters is 1. The average Bonchev–Trinajstić information content (AvgIpc) is 2.71. The molecule has 2 aromatic rings. The summed E-state index contributed by atoms with van der Waals surface area (Å²) in [7, 11) is 0. The van der Waals surface area contributed by atoms with Crippen molar-refractivity contribution in [1.29, 1.82) is 0 Å². The van der Waals surface area contributed by atoms with Crippen LogP contribution in [0.4, 0.5) is 0 Å². The molecule has 7 heteroatoms. The fraction of sp³-hybridized carbons (Fsp3) is 0.292. The van der Waals surface area contributed by atoms with Crippen LogP contribution in [0.3, 0.4) is 0 Å². The van der Waals surface area contributed by atoms with Crippen molar-refractivity contribution in [3.05, 3.63) is 72.8 Å². The lowest BCUT2D eigenvalue weighted by Crippen LogP contribution is -2.34. The Morgan fingerprint density at radius 1 is 1.00 bits per heavy atom. The molecule has 5 N–H and O–H groups in total. The SMILES string of the molecule is C=CCc1ccc(O)c(-c2cc(CC=C)ccc2OC(=O)[C@@H](N)CCCCN)c1.Cl.Cl. The molecule has 0 unspecified atom stereocenters. The third kappa shape index (κ3) is 8.38. The zero-order valence-corrected chi connectivity index (χ0v) is 19.2. The molecule has 1 atom stereocenters. The maximum atomic E-state index is 12.5. The monoisotopic (exact) mass is 466 g/mol. The number of unbranched alkanes of at least 4 members (excludes halogenated alkanes) is 1. The summed E-state index contributed by atoms with van der Waals surface area (Å²) in [5.74, 6) is -0.0253. The number of ether oxygens (including phenoxy) is 1. The van der Waals surface area contributed by atoms with E-state index in [0.717, 1.165) is 24.0 Å². The van der Waals surface area contributed by atoms with Crippen LogP contribution in [-0.4, -0.2) is 23.7 Å². The van der Waals surface area contributed by atoms with E-state index in [-0.39, 0.29) is 30.6 Å². The predicted octanol–water partition coefficient (Wildman–Crippen LogP) is 4.72. The number of benzene rings is 2. The highest BCUT2D eigenvalue weighted by Gasteiger charge is 2.19. The van der Waals surface area contributed by atoms with Crippen molar-refractivity contribution in [2.24, 2.45) is 11.5 Å². The van der Waals surface area contributed by atoms with Crippen molar-refractivity contribution in [3.8, 4) is 22.6 Å². The Hall–Kier alpha value is -2.31. The van der Waals surface area contributed by atoms with E-state index in [9.17, 15) is 9.90 Å². The Morgan fingerprint density at radius 2 is 1.58 bits per heavy atom. The number of rotatable bonds is 11. The number of phenolic OH excluding ortho intramolecular Hbond substituents is 1. The second-order valence-electron chi connectivity index (χ2n) is 6.98. The fourth-order valence-electron chi connectivity index (χ4n) is 3.07. The Kier molecular flexibility index (Phi) is 13.6. The van der Waals surface area contributed by atoms with Gasteiger partial charge in [-0.1, -0.05) is 30.7 Å². The second kappa shape index (κ2) is 14.7. The van der Waals surface area contributed by atoms with Gasteiger partial charge in [0.25, 0.3) is 0 Å². The lowest BCUT2D eigenvalue weighted by molar-refractivity contribution is -0.136. The summed E-state index contributed by atoms with van der Waals surface area (Å²) in [5, 5.41) is 10.5. The largest absolute Gasteiger partial charge is 0.507 e. The highest BCUT2D eigenvalue weighted by atomic mass is 35.5. The van der Waals surface area contributed by atoms with Crippen molar-refractivity contribution >= 4 is 30.8 Å². The third-order valence-electron chi connectivity index (χ3n) is 4.64. The van der Waals surface area contributed by atoms with Crippen molar-refractivity contribution in [3.63, 3.8) is 0 Å². The van der Waals surface area contributed by atoms with Crippen molar-refractivity contribution in [2.45, 2.75) is 38.1 Å². The fourth-order valence-corrected chi connectivity index (χ4v) is 3.07. The van der Waals surface area contributed by atoms with E-state index in [1.165, 1.54) is 0 Å². The number of phenols is 1. The first-order valence-electron chi connectivity index (χ1n) is 9.84. The Labute approximate surface area is 197 Å². The van der Waals surface area contributed by atoms with Crippen LogP contribution >= 0.6 is 24.8 Å². The molecule has 0 radical (unpaired) electrons. The number of aromatic hydroxyl groups is 1. The smallest absolute Gasteiger partial charge is 0.328 e. The number of halogens is 2. The molecule has 31 heavy (non-hydrogen) atoms. The van der Waals surface area contributed by atoms with Gasteiger partial charge in [-0.15, -0.1) is 38.0 Å². The standard InChI is InChI=1S/C24H30N2O3.2ClH/c1-3-7-17-10-12-22(27)19(15-17)20-16-18(8-4-2)11-13-23(20)29-24(28)21(26)9-5-6-14-25;;/h3-4,10-13,15-16,21,27H,1-2,5-9,14,25-26H2;2*1H/t21-;;/m0../s1. The van der Waals surface area contributed by atoms with Gasteiger partial charge in [0.2, 0.25) is 0 Å². The number of carbonyl (C=O) groups is 1. The summed E-state index contributed by atoms with van der Waals surface area (Å²) in [4.78, 5) is 12.5. The maximum Gasteiger partial charge on any atom is 0.328 e. The first-order chi connectivity index (χ1) is 14.0. The maximum absolute atomic E-state index is 12.5. The Morgan fingerprint density at radius 3 is 2.16 bits per heavy atom. The van der Waals surface area contributed by atoms with E-state index >= 15 is 0 Å². The van der Waals surface area contributed by atoms with Crippen LogP contribution in [0.1, 0.15) is 30.4 Å². The molecule has 0 fully saturated rings. The summed E-state index contributed by atoms with van der Waals surface area (Å²) in [5.41, 5.74) is 14.7. The van der Waals surface area contributed by atoms with Crippen molar-refractivity contribution in [2.75, 3.05) is 6.54 Å². The van der Waals surface area contributed by atoms with Gasteiger partial charge in [-0.25, -0.2) is 4.79 Å². The van der Waals surface area contributed by atoms with Gasteiger partial charge in [-0.2, -0.15) is 0 Å². The minimum atomic E-state index is -0.719. The molecule has 2 aromatic carbocycles. The van der Waals surface area contributed by atoms with Crippen LogP contribution in [-0.2, 0) is 17.6 Å². The average molecular weight is 467 g/mol. The molecular weight excluding hydrogens is 435 g/mol. The number of carbonyl (C=O) groups excluding carboxylic acids is 1. The number of nitrogens with two attached hydrogens (primary N) is 2. The van der Waals surface area contributed by atoms with E-state index in [1.807, 2.05) is 24.3 Å². The predicted molar refractivity (Wildman–Crippen MR) is 132 cm³/mol.